The van der Waals surface area contributed by atoms with E-state index in [0.717, 1.165) is 11.3 Å². The van der Waals surface area contributed by atoms with Crippen molar-refractivity contribution in [2.45, 2.75) is 37.1 Å². The van der Waals surface area contributed by atoms with Gasteiger partial charge in [-0.25, -0.2) is 9.78 Å². The summed E-state index contributed by atoms with van der Waals surface area (Å²) in [5, 5.41) is 7.61. The molecule has 14 heteroatoms. The van der Waals surface area contributed by atoms with E-state index in [9.17, 15) is 24.0 Å². The summed E-state index contributed by atoms with van der Waals surface area (Å²) in [7, 11) is 0. The number of thiazole rings is 1. The number of rotatable bonds is 10. The number of esters is 2. The van der Waals surface area contributed by atoms with E-state index >= 15 is 0 Å². The van der Waals surface area contributed by atoms with Crippen molar-refractivity contribution in [1.82, 2.24) is 15.4 Å². The molecule has 2 saturated heterocycles. The zero-order chi connectivity index (χ0) is 29.7. The number of ether oxygens (including phenoxy) is 2. The van der Waals surface area contributed by atoms with Gasteiger partial charge in [0.2, 0.25) is 11.8 Å². The number of anilines is 1. The van der Waals surface area contributed by atoms with Crippen LogP contribution >= 0.6 is 22.9 Å². The molecule has 2 aromatic carbocycles. The first kappa shape index (κ1) is 29.2. The molecule has 2 atom stereocenters. The average molecular weight is 613 g/mol. The number of halogens is 1. The molecule has 1 aromatic heterocycles. The Morgan fingerprint density at radius 3 is 2.33 bits per heavy atom. The van der Waals surface area contributed by atoms with Gasteiger partial charge in [-0.3, -0.25) is 24.0 Å². The van der Waals surface area contributed by atoms with E-state index in [2.05, 4.69) is 15.6 Å². The van der Waals surface area contributed by atoms with Gasteiger partial charge in [-0.1, -0.05) is 60.7 Å². The van der Waals surface area contributed by atoms with E-state index in [1.807, 2.05) is 12.1 Å². The lowest BCUT2D eigenvalue weighted by Gasteiger charge is -2.34. The number of hydrogen-bond acceptors (Lipinski definition) is 10. The highest BCUT2D eigenvalue weighted by Gasteiger charge is 2.60. The maximum absolute atomic E-state index is 13.8. The van der Waals surface area contributed by atoms with Gasteiger partial charge < -0.3 is 20.1 Å². The second kappa shape index (κ2) is 12.7. The van der Waals surface area contributed by atoms with Gasteiger partial charge in [-0.15, -0.1) is 22.9 Å². The first-order valence-electron chi connectivity index (χ1n) is 12.9. The lowest BCUT2D eigenvalue weighted by Crippen LogP contribution is -2.57. The Bertz CT molecular complexity index is 1450. The number of hydrogen-bond donors (Lipinski definition) is 2. The minimum absolute atomic E-state index is 0.146. The number of amides is 3. The maximum Gasteiger partial charge on any atom is 0.376 e. The van der Waals surface area contributed by atoms with Crippen LogP contribution in [0, 0.1) is 0 Å². The third-order valence-corrected chi connectivity index (χ3v) is 7.54. The summed E-state index contributed by atoms with van der Waals surface area (Å²) in [4.78, 5) is 73.3. The molecule has 2 aliphatic rings. The molecule has 218 valence electrons. The molecule has 0 spiro atoms. The Morgan fingerprint density at radius 1 is 1.07 bits per heavy atom. The molecule has 0 bridgehead atoms. The van der Waals surface area contributed by atoms with Crippen LogP contribution in [0.5, 0.6) is 0 Å². The number of carbonyl (C=O) groups is 5. The Kier molecular flexibility index (Phi) is 8.80. The third-order valence-electron chi connectivity index (χ3n) is 6.49. The summed E-state index contributed by atoms with van der Waals surface area (Å²) in [5.41, 5.74) is -0.464. The number of alkyl halides is 1. The summed E-state index contributed by atoms with van der Waals surface area (Å²) < 4.78 is 11.4. The average Bonchev–Trinajstić information content (AvgIpc) is 3.71. The normalized spacial score (nSPS) is 20.0. The first-order chi connectivity index (χ1) is 20.3. The van der Waals surface area contributed by atoms with E-state index in [-0.39, 0.29) is 36.9 Å². The summed E-state index contributed by atoms with van der Waals surface area (Å²) >= 11 is 6.59. The number of carbonyl (C=O) groups excluding carboxylic acids is 5. The van der Waals surface area contributed by atoms with Crippen molar-refractivity contribution < 1.29 is 38.3 Å². The molecule has 5 rings (SSSR count). The van der Waals surface area contributed by atoms with Crippen molar-refractivity contribution in [3.63, 3.8) is 0 Å². The lowest BCUT2D eigenvalue weighted by atomic mass is 10.0. The van der Waals surface area contributed by atoms with Crippen LogP contribution in [0.15, 0.2) is 66.0 Å². The molecule has 2 N–H and O–H groups in total. The van der Waals surface area contributed by atoms with Crippen LogP contribution in [-0.4, -0.2) is 64.0 Å². The van der Waals surface area contributed by atoms with Gasteiger partial charge in [-0.05, 0) is 11.1 Å². The summed E-state index contributed by atoms with van der Waals surface area (Å²) in [6, 6.07) is 16.8. The number of hydroxylamine groups is 2. The molecular weight excluding hydrogens is 588 g/mol. The van der Waals surface area contributed by atoms with Crippen molar-refractivity contribution in [3.8, 4) is 0 Å². The molecule has 3 heterocycles. The highest BCUT2D eigenvalue weighted by molar-refractivity contribution is 7.14. The van der Waals surface area contributed by atoms with Crippen molar-refractivity contribution in [3.05, 3.63) is 82.9 Å². The number of aromatic nitrogens is 1. The quantitative estimate of drug-likeness (QED) is 0.260. The smallest absolute Gasteiger partial charge is 0.376 e. The monoisotopic (exact) mass is 612 g/mol. The fourth-order valence-electron chi connectivity index (χ4n) is 4.53. The van der Waals surface area contributed by atoms with Gasteiger partial charge >= 0.3 is 17.7 Å². The maximum atomic E-state index is 13.8. The van der Waals surface area contributed by atoms with E-state index in [4.69, 9.17) is 25.9 Å². The second-order valence-corrected chi connectivity index (χ2v) is 10.5. The zero-order valence-electron chi connectivity index (χ0n) is 22.0. The number of benzene rings is 2. The van der Waals surface area contributed by atoms with E-state index in [1.54, 1.807) is 53.9 Å². The minimum atomic E-state index is -2.17. The molecule has 42 heavy (non-hydrogen) atoms. The molecular formula is C28H25ClN4O8S. The SMILES string of the molecule is O=C(CCl)Nc1nc(CC(=O)NC2CON(C3(C(=O)OC(c4ccccc4)c4ccccc4)CCC(=O)O3)C2=O)cs1. The first-order valence-corrected chi connectivity index (χ1v) is 14.3. The number of cyclic esters (lactones) is 1. The molecule has 0 radical (unpaired) electrons. The topological polar surface area (TPSA) is 153 Å². The van der Waals surface area contributed by atoms with Gasteiger partial charge in [0, 0.05) is 11.8 Å². The Hall–Kier alpha value is -4.33. The molecule has 2 unspecified atom stereocenters. The third kappa shape index (κ3) is 6.27. The molecule has 2 fully saturated rings. The second-order valence-electron chi connectivity index (χ2n) is 9.42. The van der Waals surface area contributed by atoms with E-state index < -0.39 is 47.5 Å². The van der Waals surface area contributed by atoms with Crippen molar-refractivity contribution in [2.24, 2.45) is 0 Å². The highest BCUT2D eigenvalue weighted by Crippen LogP contribution is 2.37. The summed E-state index contributed by atoms with van der Waals surface area (Å²) in [6.45, 7) is -0.300. The molecule has 3 amide bonds. The summed E-state index contributed by atoms with van der Waals surface area (Å²) in [5.74, 6) is -3.69. The van der Waals surface area contributed by atoms with Crippen molar-refractivity contribution >= 4 is 57.7 Å². The van der Waals surface area contributed by atoms with Crippen LogP contribution in [-0.2, 0) is 44.7 Å². The fraction of sp³-hybridized carbons (Fsp3) is 0.286. The molecule has 2 aliphatic heterocycles. The molecule has 3 aromatic rings. The van der Waals surface area contributed by atoms with E-state index in [0.29, 0.717) is 21.9 Å². The standard InChI is InChI=1S/C28H25ClN4O8S/c29-14-22(35)32-27-30-19(16-42-27)13-21(34)31-20-15-39-33(25(20)37)28(12-11-23(36)41-28)26(38)40-24(17-7-3-1-4-8-17)18-9-5-2-6-10-18/h1-10,16,20,24H,11-15H2,(H,31,34)(H,30,32,35). The van der Waals surface area contributed by atoms with Crippen LogP contribution in [0.4, 0.5) is 5.13 Å². The Balaban J connectivity index is 1.30. The van der Waals surface area contributed by atoms with Crippen LogP contribution in [0.25, 0.3) is 0 Å². The number of nitrogens with one attached hydrogen (secondary N) is 2. The Morgan fingerprint density at radius 2 is 1.74 bits per heavy atom. The van der Waals surface area contributed by atoms with Crippen molar-refractivity contribution in [1.29, 1.82) is 0 Å². The van der Waals surface area contributed by atoms with Gasteiger partial charge in [0.15, 0.2) is 11.2 Å². The van der Waals surface area contributed by atoms with Gasteiger partial charge in [-0.2, -0.15) is 5.06 Å². The van der Waals surface area contributed by atoms with Gasteiger partial charge in [0.25, 0.3) is 5.91 Å². The molecule has 12 nitrogen and oxygen atoms in total. The molecule has 0 saturated carbocycles. The molecule has 0 aliphatic carbocycles. The van der Waals surface area contributed by atoms with Crippen molar-refractivity contribution in [2.75, 3.05) is 17.8 Å². The van der Waals surface area contributed by atoms with Crippen LogP contribution in [0.2, 0.25) is 0 Å². The number of nitrogens with zero attached hydrogens (tertiary/aromatic N) is 2. The summed E-state index contributed by atoms with van der Waals surface area (Å²) in [6.07, 6.45) is -1.38. The van der Waals surface area contributed by atoms with Gasteiger partial charge in [0.1, 0.15) is 18.5 Å². The largest absolute Gasteiger partial charge is 0.448 e. The Labute approximate surface area is 248 Å². The van der Waals surface area contributed by atoms with Crippen LogP contribution in [0.1, 0.15) is 35.8 Å². The predicted molar refractivity (Wildman–Crippen MR) is 149 cm³/mol. The van der Waals surface area contributed by atoms with Crippen LogP contribution in [0.3, 0.4) is 0 Å². The lowest BCUT2D eigenvalue weighted by molar-refractivity contribution is -0.260. The van der Waals surface area contributed by atoms with E-state index in [1.165, 1.54) is 0 Å². The highest BCUT2D eigenvalue weighted by atomic mass is 35.5. The van der Waals surface area contributed by atoms with Gasteiger partial charge in [0.05, 0.1) is 18.5 Å². The fourth-order valence-corrected chi connectivity index (χ4v) is 5.33. The zero-order valence-corrected chi connectivity index (χ0v) is 23.6. The predicted octanol–water partition coefficient (Wildman–Crippen LogP) is 2.49. The minimum Gasteiger partial charge on any atom is -0.448 e. The van der Waals surface area contributed by atoms with Crippen LogP contribution < -0.4 is 10.6 Å².